The lowest BCUT2D eigenvalue weighted by molar-refractivity contribution is 0.285. The van der Waals surface area contributed by atoms with Gasteiger partial charge in [0.05, 0.1) is 0 Å². The van der Waals surface area contributed by atoms with Crippen molar-refractivity contribution in [3.05, 3.63) is 11.8 Å². The summed E-state index contributed by atoms with van der Waals surface area (Å²) in [6.45, 7) is 5.11. The molecule has 0 radical (unpaired) electrons. The minimum Gasteiger partial charge on any atom is -0.405 e. The van der Waals surface area contributed by atoms with Gasteiger partial charge in [-0.1, -0.05) is 0 Å². The van der Waals surface area contributed by atoms with E-state index in [-0.39, 0.29) is 6.61 Å². The molecule has 0 aliphatic carbocycles. The van der Waals surface area contributed by atoms with Crippen LogP contribution in [0.3, 0.4) is 0 Å². The van der Waals surface area contributed by atoms with Crippen molar-refractivity contribution < 1.29 is 5.11 Å². The Bertz CT molecular complexity index is 123. The van der Waals surface area contributed by atoms with Crippen molar-refractivity contribution in [2.75, 3.05) is 13.2 Å². The Morgan fingerprint density at radius 3 is 2.82 bits per heavy atom. The molecule has 3 heteroatoms. The maximum Gasteiger partial charge on any atom is 0.0443 e. The second-order valence-corrected chi connectivity index (χ2v) is 2.66. The molecule has 0 spiro atoms. The summed E-state index contributed by atoms with van der Waals surface area (Å²) in [5.41, 5.74) is 6.45. The summed E-state index contributed by atoms with van der Waals surface area (Å²) in [6, 6.07) is 0.312. The number of nitrogens with two attached hydrogens (primary N) is 1. The van der Waals surface area contributed by atoms with E-state index in [9.17, 15) is 0 Å². The molecule has 66 valence electrons. The predicted octanol–water partition coefficient (Wildman–Crippen LogP) is 0.209. The zero-order valence-electron chi connectivity index (χ0n) is 7.30. The van der Waals surface area contributed by atoms with E-state index in [1.165, 1.54) is 0 Å². The lowest BCUT2D eigenvalue weighted by atomic mass is 10.1. The highest BCUT2D eigenvalue weighted by molar-refractivity contribution is 5.03. The van der Waals surface area contributed by atoms with Gasteiger partial charge in [-0.15, -0.1) is 0 Å². The Hall–Kier alpha value is -0.540. The molecule has 1 atom stereocenters. The molecule has 0 aliphatic rings. The van der Waals surface area contributed by atoms with Gasteiger partial charge in [-0.2, -0.15) is 0 Å². The van der Waals surface area contributed by atoms with Crippen LogP contribution in [0.5, 0.6) is 0 Å². The average Bonchev–Trinajstić information content (AvgIpc) is 2.03. The molecule has 0 aromatic carbocycles. The molecule has 3 nitrogen and oxygen atoms in total. The van der Waals surface area contributed by atoms with Gasteiger partial charge in [0.2, 0.25) is 0 Å². The van der Waals surface area contributed by atoms with E-state index in [1.54, 1.807) is 6.20 Å². The molecule has 0 aromatic rings. The maximum atomic E-state index is 8.50. The third-order valence-electron chi connectivity index (χ3n) is 1.73. The lowest BCUT2D eigenvalue weighted by Gasteiger charge is -2.12. The van der Waals surface area contributed by atoms with E-state index < -0.39 is 0 Å². The Labute approximate surface area is 68.3 Å². The van der Waals surface area contributed by atoms with Crippen molar-refractivity contribution in [2.45, 2.75) is 26.3 Å². The SMILES string of the molecule is C/C(=C\N)C(C)NCCCO. The molecule has 0 fully saturated rings. The summed E-state index contributed by atoms with van der Waals surface area (Å²) in [4.78, 5) is 0. The highest BCUT2D eigenvalue weighted by Crippen LogP contribution is 1.96. The van der Waals surface area contributed by atoms with E-state index in [2.05, 4.69) is 12.2 Å². The standard InChI is InChI=1S/C8H18N2O/c1-7(6-9)8(2)10-4-3-5-11/h6,8,10-11H,3-5,9H2,1-2H3/b7-6+. The van der Waals surface area contributed by atoms with Crippen molar-refractivity contribution in [3.8, 4) is 0 Å². The number of aliphatic hydroxyl groups is 1. The number of nitrogens with one attached hydrogen (secondary N) is 1. The number of hydrogen-bond acceptors (Lipinski definition) is 3. The summed E-state index contributed by atoms with van der Waals surface area (Å²) in [6.07, 6.45) is 2.40. The quantitative estimate of drug-likeness (QED) is 0.501. The summed E-state index contributed by atoms with van der Waals surface area (Å²) in [7, 11) is 0. The van der Waals surface area contributed by atoms with E-state index in [0.29, 0.717) is 6.04 Å². The van der Waals surface area contributed by atoms with Crippen LogP contribution < -0.4 is 11.1 Å². The van der Waals surface area contributed by atoms with Gasteiger partial charge in [-0.3, -0.25) is 0 Å². The Morgan fingerprint density at radius 2 is 2.36 bits per heavy atom. The lowest BCUT2D eigenvalue weighted by Crippen LogP contribution is -2.28. The molecular formula is C8H18N2O. The molecule has 1 unspecified atom stereocenters. The fraction of sp³-hybridized carbons (Fsp3) is 0.750. The van der Waals surface area contributed by atoms with Crippen LogP contribution in [-0.4, -0.2) is 24.3 Å². The first-order chi connectivity index (χ1) is 5.22. The number of hydrogen-bond donors (Lipinski definition) is 3. The van der Waals surface area contributed by atoms with Crippen LogP contribution >= 0.6 is 0 Å². The van der Waals surface area contributed by atoms with Gasteiger partial charge >= 0.3 is 0 Å². The monoisotopic (exact) mass is 158 g/mol. The van der Waals surface area contributed by atoms with Crippen molar-refractivity contribution in [3.63, 3.8) is 0 Å². The van der Waals surface area contributed by atoms with Crippen LogP contribution in [0.1, 0.15) is 20.3 Å². The van der Waals surface area contributed by atoms with Crippen LogP contribution in [0.15, 0.2) is 11.8 Å². The first kappa shape index (κ1) is 10.5. The molecule has 0 aliphatic heterocycles. The highest BCUT2D eigenvalue weighted by Gasteiger charge is 2.00. The minimum atomic E-state index is 0.241. The van der Waals surface area contributed by atoms with Gasteiger partial charge in [0.25, 0.3) is 0 Å². The van der Waals surface area contributed by atoms with Crippen molar-refractivity contribution >= 4 is 0 Å². The largest absolute Gasteiger partial charge is 0.405 e. The minimum absolute atomic E-state index is 0.241. The maximum absolute atomic E-state index is 8.50. The third-order valence-corrected chi connectivity index (χ3v) is 1.73. The smallest absolute Gasteiger partial charge is 0.0443 e. The van der Waals surface area contributed by atoms with E-state index >= 15 is 0 Å². The predicted molar refractivity (Wildman–Crippen MR) is 47.1 cm³/mol. The van der Waals surface area contributed by atoms with Gasteiger partial charge in [-0.05, 0) is 38.6 Å². The van der Waals surface area contributed by atoms with Gasteiger partial charge < -0.3 is 16.2 Å². The summed E-state index contributed by atoms with van der Waals surface area (Å²) in [5.74, 6) is 0. The second-order valence-electron chi connectivity index (χ2n) is 2.66. The van der Waals surface area contributed by atoms with Crippen LogP contribution in [0, 0.1) is 0 Å². The van der Waals surface area contributed by atoms with Crippen molar-refractivity contribution in [1.29, 1.82) is 0 Å². The molecule has 0 rings (SSSR count). The molecule has 4 N–H and O–H groups in total. The highest BCUT2D eigenvalue weighted by atomic mass is 16.3. The number of aliphatic hydroxyl groups excluding tert-OH is 1. The fourth-order valence-corrected chi connectivity index (χ4v) is 0.703. The van der Waals surface area contributed by atoms with Gasteiger partial charge in [0.1, 0.15) is 0 Å². The first-order valence-electron chi connectivity index (χ1n) is 3.95. The third kappa shape index (κ3) is 4.81. The Kier molecular flexibility index (Phi) is 5.88. The fourth-order valence-electron chi connectivity index (χ4n) is 0.703. The summed E-state index contributed by atoms with van der Waals surface area (Å²) >= 11 is 0. The zero-order chi connectivity index (χ0) is 8.69. The normalized spacial score (nSPS) is 15.0. The Balaban J connectivity index is 3.44. The molecule has 0 aromatic heterocycles. The van der Waals surface area contributed by atoms with Crippen LogP contribution in [0.4, 0.5) is 0 Å². The van der Waals surface area contributed by atoms with Gasteiger partial charge in [-0.25, -0.2) is 0 Å². The summed E-state index contributed by atoms with van der Waals surface area (Å²) < 4.78 is 0. The second kappa shape index (κ2) is 6.19. The molecule has 0 amide bonds. The van der Waals surface area contributed by atoms with E-state index in [1.807, 2.05) is 6.92 Å². The molecule has 11 heavy (non-hydrogen) atoms. The van der Waals surface area contributed by atoms with Gasteiger partial charge in [0, 0.05) is 12.6 Å². The molecular weight excluding hydrogens is 140 g/mol. The van der Waals surface area contributed by atoms with Crippen molar-refractivity contribution in [2.24, 2.45) is 5.73 Å². The van der Waals surface area contributed by atoms with E-state index in [4.69, 9.17) is 10.8 Å². The topological polar surface area (TPSA) is 58.3 Å². The average molecular weight is 158 g/mol. The Morgan fingerprint density at radius 1 is 1.73 bits per heavy atom. The number of rotatable bonds is 5. The molecule has 0 saturated carbocycles. The molecule has 0 bridgehead atoms. The first-order valence-corrected chi connectivity index (χ1v) is 3.95. The zero-order valence-corrected chi connectivity index (χ0v) is 7.30. The van der Waals surface area contributed by atoms with E-state index in [0.717, 1.165) is 18.5 Å². The van der Waals surface area contributed by atoms with Crippen LogP contribution in [0.2, 0.25) is 0 Å². The summed E-state index contributed by atoms with van der Waals surface area (Å²) in [5, 5.41) is 11.7. The molecule has 0 saturated heterocycles. The van der Waals surface area contributed by atoms with Gasteiger partial charge in [0.15, 0.2) is 0 Å². The molecule has 0 heterocycles. The van der Waals surface area contributed by atoms with Crippen LogP contribution in [-0.2, 0) is 0 Å². The van der Waals surface area contributed by atoms with Crippen LogP contribution in [0.25, 0.3) is 0 Å². The van der Waals surface area contributed by atoms with Crippen molar-refractivity contribution in [1.82, 2.24) is 5.32 Å².